The van der Waals surface area contributed by atoms with Gasteiger partial charge in [-0.15, -0.1) is 0 Å². The Hall–Kier alpha value is -0.940. The van der Waals surface area contributed by atoms with Crippen molar-refractivity contribution in [2.24, 2.45) is 0 Å². The predicted octanol–water partition coefficient (Wildman–Crippen LogP) is 1.35. The molecule has 2 N–H and O–H groups in total. The van der Waals surface area contributed by atoms with E-state index in [0.29, 0.717) is 13.2 Å². The molecule has 3 atom stereocenters. The molecular formula is C14H22O4. The minimum absolute atomic E-state index is 0.281. The third-order valence-electron chi connectivity index (χ3n) is 2.65. The zero-order chi connectivity index (χ0) is 13.4. The largest absolute Gasteiger partial charge is 0.393 e. The van der Waals surface area contributed by atoms with Crippen LogP contribution >= 0.6 is 0 Å². The van der Waals surface area contributed by atoms with Crippen molar-refractivity contribution in [3.63, 3.8) is 0 Å². The van der Waals surface area contributed by atoms with Crippen LogP contribution in [0.4, 0.5) is 0 Å². The Labute approximate surface area is 108 Å². The number of rotatable bonds is 8. The van der Waals surface area contributed by atoms with Crippen molar-refractivity contribution in [1.82, 2.24) is 0 Å². The van der Waals surface area contributed by atoms with E-state index in [1.165, 1.54) is 0 Å². The molecule has 4 heteroatoms. The molecule has 18 heavy (non-hydrogen) atoms. The number of hydrogen-bond donors (Lipinski definition) is 2. The van der Waals surface area contributed by atoms with Gasteiger partial charge >= 0.3 is 0 Å². The first-order valence-corrected chi connectivity index (χ1v) is 6.14. The zero-order valence-electron chi connectivity index (χ0n) is 11.0. The highest BCUT2D eigenvalue weighted by atomic mass is 16.5. The van der Waals surface area contributed by atoms with Gasteiger partial charge in [0, 0.05) is 13.5 Å². The first-order valence-electron chi connectivity index (χ1n) is 6.14. The fourth-order valence-corrected chi connectivity index (χ4v) is 1.71. The van der Waals surface area contributed by atoms with Crippen molar-refractivity contribution in [3.8, 4) is 0 Å². The molecule has 0 amide bonds. The Morgan fingerprint density at radius 2 is 1.83 bits per heavy atom. The van der Waals surface area contributed by atoms with Crippen molar-refractivity contribution in [2.45, 2.75) is 38.3 Å². The normalized spacial score (nSPS) is 16.2. The second kappa shape index (κ2) is 8.21. The molecule has 0 heterocycles. The summed E-state index contributed by atoms with van der Waals surface area (Å²) in [5, 5.41) is 19.2. The summed E-state index contributed by atoms with van der Waals surface area (Å²) < 4.78 is 10.7. The molecule has 0 aromatic heterocycles. The maximum absolute atomic E-state index is 9.92. The maximum Gasteiger partial charge on any atom is 0.107 e. The molecule has 0 radical (unpaired) electrons. The summed E-state index contributed by atoms with van der Waals surface area (Å²) in [5.74, 6) is 0. The van der Waals surface area contributed by atoms with Crippen LogP contribution in [-0.4, -0.2) is 42.2 Å². The van der Waals surface area contributed by atoms with Crippen LogP contribution in [0, 0.1) is 0 Å². The molecular weight excluding hydrogens is 232 g/mol. The second-order valence-electron chi connectivity index (χ2n) is 4.44. The summed E-state index contributed by atoms with van der Waals surface area (Å²) in [5.41, 5.74) is 1.04. The fraction of sp³-hybridized carbons (Fsp3) is 0.571. The molecule has 1 aromatic rings. The van der Waals surface area contributed by atoms with Crippen molar-refractivity contribution in [3.05, 3.63) is 35.9 Å². The Morgan fingerprint density at radius 3 is 2.39 bits per heavy atom. The summed E-state index contributed by atoms with van der Waals surface area (Å²) >= 11 is 0. The fourth-order valence-electron chi connectivity index (χ4n) is 1.71. The van der Waals surface area contributed by atoms with Gasteiger partial charge in [-0.25, -0.2) is 0 Å². The van der Waals surface area contributed by atoms with Crippen molar-refractivity contribution >= 4 is 0 Å². The van der Waals surface area contributed by atoms with Crippen LogP contribution in [0.1, 0.15) is 18.9 Å². The first-order chi connectivity index (χ1) is 8.63. The molecule has 0 aliphatic heterocycles. The van der Waals surface area contributed by atoms with E-state index >= 15 is 0 Å². The standard InChI is InChI=1S/C14H22O4/c1-11(15)8-13(16)14(10-17-2)18-9-12-6-4-3-5-7-12/h3-7,11,13-16H,8-10H2,1-2H3. The van der Waals surface area contributed by atoms with E-state index in [-0.39, 0.29) is 6.42 Å². The summed E-state index contributed by atoms with van der Waals surface area (Å²) in [6.07, 6.45) is -1.43. The molecule has 1 aromatic carbocycles. The third kappa shape index (κ3) is 5.60. The van der Waals surface area contributed by atoms with E-state index in [0.717, 1.165) is 5.56 Å². The number of ether oxygens (including phenoxy) is 2. The molecule has 1 rings (SSSR count). The van der Waals surface area contributed by atoms with Gasteiger partial charge in [0.1, 0.15) is 6.10 Å². The van der Waals surface area contributed by atoms with E-state index in [2.05, 4.69) is 0 Å². The third-order valence-corrected chi connectivity index (χ3v) is 2.65. The summed E-state index contributed by atoms with van der Waals surface area (Å²) in [7, 11) is 1.56. The number of hydrogen-bond acceptors (Lipinski definition) is 4. The van der Waals surface area contributed by atoms with Gasteiger partial charge in [0.25, 0.3) is 0 Å². The molecule has 3 unspecified atom stereocenters. The molecule has 0 bridgehead atoms. The van der Waals surface area contributed by atoms with Crippen LogP contribution in [0.2, 0.25) is 0 Å². The highest BCUT2D eigenvalue weighted by Crippen LogP contribution is 2.11. The van der Waals surface area contributed by atoms with E-state index in [4.69, 9.17) is 9.47 Å². The smallest absolute Gasteiger partial charge is 0.107 e. The lowest BCUT2D eigenvalue weighted by Crippen LogP contribution is -2.35. The van der Waals surface area contributed by atoms with Gasteiger partial charge in [-0.3, -0.25) is 0 Å². The van der Waals surface area contributed by atoms with Crippen LogP contribution in [0.5, 0.6) is 0 Å². The number of aliphatic hydroxyl groups excluding tert-OH is 2. The van der Waals surface area contributed by atoms with Crippen molar-refractivity contribution in [2.75, 3.05) is 13.7 Å². The Bertz CT molecular complexity index is 313. The van der Waals surface area contributed by atoms with Gasteiger partial charge in [0.15, 0.2) is 0 Å². The minimum Gasteiger partial charge on any atom is -0.393 e. The van der Waals surface area contributed by atoms with Gasteiger partial charge in [-0.05, 0) is 12.5 Å². The van der Waals surface area contributed by atoms with Gasteiger partial charge in [-0.1, -0.05) is 30.3 Å². The average molecular weight is 254 g/mol. The minimum atomic E-state index is -0.728. The van der Waals surface area contributed by atoms with Crippen LogP contribution < -0.4 is 0 Å². The quantitative estimate of drug-likeness (QED) is 0.735. The Morgan fingerprint density at radius 1 is 1.17 bits per heavy atom. The highest BCUT2D eigenvalue weighted by Gasteiger charge is 2.21. The van der Waals surface area contributed by atoms with Gasteiger partial charge in [0.05, 0.1) is 25.4 Å². The molecule has 0 aliphatic carbocycles. The van der Waals surface area contributed by atoms with Crippen LogP contribution in [-0.2, 0) is 16.1 Å². The van der Waals surface area contributed by atoms with Gasteiger partial charge in [-0.2, -0.15) is 0 Å². The molecule has 0 aliphatic rings. The molecule has 0 saturated heterocycles. The van der Waals surface area contributed by atoms with Gasteiger partial charge in [0.2, 0.25) is 0 Å². The Kier molecular flexibility index (Phi) is 6.90. The Balaban J connectivity index is 2.47. The van der Waals surface area contributed by atoms with Crippen LogP contribution in [0.25, 0.3) is 0 Å². The predicted molar refractivity (Wildman–Crippen MR) is 69.2 cm³/mol. The van der Waals surface area contributed by atoms with E-state index < -0.39 is 18.3 Å². The van der Waals surface area contributed by atoms with E-state index in [9.17, 15) is 10.2 Å². The summed E-state index contributed by atoms with van der Waals surface area (Å²) in [6, 6.07) is 9.75. The zero-order valence-corrected chi connectivity index (χ0v) is 11.0. The summed E-state index contributed by atoms with van der Waals surface area (Å²) in [4.78, 5) is 0. The topological polar surface area (TPSA) is 58.9 Å². The first kappa shape index (κ1) is 15.1. The number of methoxy groups -OCH3 is 1. The van der Waals surface area contributed by atoms with Gasteiger partial charge < -0.3 is 19.7 Å². The SMILES string of the molecule is COCC(OCc1ccccc1)C(O)CC(C)O. The number of benzene rings is 1. The molecule has 102 valence electrons. The lowest BCUT2D eigenvalue weighted by atomic mass is 10.1. The molecule has 0 fully saturated rings. The van der Waals surface area contributed by atoms with E-state index in [1.54, 1.807) is 14.0 Å². The average Bonchev–Trinajstić information content (AvgIpc) is 2.34. The van der Waals surface area contributed by atoms with E-state index in [1.807, 2.05) is 30.3 Å². The second-order valence-corrected chi connectivity index (χ2v) is 4.44. The maximum atomic E-state index is 9.92. The lowest BCUT2D eigenvalue weighted by Gasteiger charge is -2.23. The van der Waals surface area contributed by atoms with Crippen molar-refractivity contribution < 1.29 is 19.7 Å². The highest BCUT2D eigenvalue weighted by molar-refractivity contribution is 5.13. The molecule has 0 saturated carbocycles. The number of aliphatic hydroxyl groups is 2. The van der Waals surface area contributed by atoms with Crippen molar-refractivity contribution in [1.29, 1.82) is 0 Å². The lowest BCUT2D eigenvalue weighted by molar-refractivity contribution is -0.0891. The molecule has 0 spiro atoms. The molecule has 4 nitrogen and oxygen atoms in total. The van der Waals surface area contributed by atoms with Crippen LogP contribution in [0.3, 0.4) is 0 Å². The van der Waals surface area contributed by atoms with Crippen LogP contribution in [0.15, 0.2) is 30.3 Å². The monoisotopic (exact) mass is 254 g/mol. The summed E-state index contributed by atoms with van der Waals surface area (Å²) in [6.45, 7) is 2.37.